The first-order chi connectivity index (χ1) is 19.0. The average molecular weight is 539 g/mol. The van der Waals surface area contributed by atoms with Crippen LogP contribution in [0.3, 0.4) is 0 Å². The molecule has 0 radical (unpaired) electrons. The summed E-state index contributed by atoms with van der Waals surface area (Å²) in [6.07, 6.45) is 1.67. The number of anilines is 1. The zero-order chi connectivity index (χ0) is 27.2. The van der Waals surface area contributed by atoms with Gasteiger partial charge in [0.2, 0.25) is 0 Å². The van der Waals surface area contributed by atoms with Gasteiger partial charge in [-0.2, -0.15) is 0 Å². The first kappa shape index (κ1) is 26.1. The van der Waals surface area contributed by atoms with Crippen molar-refractivity contribution in [2.24, 2.45) is 0 Å². The highest BCUT2D eigenvalue weighted by molar-refractivity contribution is 8.18. The van der Waals surface area contributed by atoms with E-state index < -0.39 is 0 Å². The van der Waals surface area contributed by atoms with Crippen molar-refractivity contribution in [3.63, 3.8) is 0 Å². The van der Waals surface area contributed by atoms with Crippen LogP contribution >= 0.6 is 11.8 Å². The van der Waals surface area contributed by atoms with Gasteiger partial charge < -0.3 is 14.8 Å². The lowest BCUT2D eigenvalue weighted by Crippen LogP contribution is -2.32. The van der Waals surface area contributed by atoms with E-state index in [9.17, 15) is 14.4 Å². The lowest BCUT2D eigenvalue weighted by Gasteiger charge is -2.14. The van der Waals surface area contributed by atoms with Crippen LogP contribution in [0.5, 0.6) is 11.5 Å². The molecule has 1 aliphatic heterocycles. The van der Waals surface area contributed by atoms with E-state index in [1.807, 2.05) is 73.7 Å². The second kappa shape index (κ2) is 11.9. The second-order valence-corrected chi connectivity index (χ2v) is 9.93. The predicted molar refractivity (Wildman–Crippen MR) is 154 cm³/mol. The lowest BCUT2D eigenvalue weighted by molar-refractivity contribution is -0.123. The summed E-state index contributed by atoms with van der Waals surface area (Å²) >= 11 is 0.904. The van der Waals surface area contributed by atoms with E-state index in [-0.39, 0.29) is 36.8 Å². The van der Waals surface area contributed by atoms with Gasteiger partial charge in [0.1, 0.15) is 18.1 Å². The largest absolute Gasteiger partial charge is 0.491 e. The highest BCUT2D eigenvalue weighted by Crippen LogP contribution is 2.32. The summed E-state index contributed by atoms with van der Waals surface area (Å²) in [5.41, 5.74) is 2.51. The van der Waals surface area contributed by atoms with E-state index in [4.69, 9.17) is 9.47 Å². The number of hydrogen-bond acceptors (Lipinski definition) is 6. The Balaban J connectivity index is 1.14. The van der Waals surface area contributed by atoms with E-state index >= 15 is 0 Å². The van der Waals surface area contributed by atoms with Crippen LogP contribution in [0, 0.1) is 6.92 Å². The van der Waals surface area contributed by atoms with Crippen molar-refractivity contribution in [3.05, 3.63) is 107 Å². The number of imide groups is 1. The minimum atomic E-state index is -0.348. The van der Waals surface area contributed by atoms with Crippen molar-refractivity contribution >= 4 is 51.4 Å². The van der Waals surface area contributed by atoms with Crippen LogP contribution in [-0.2, 0) is 9.59 Å². The molecule has 0 saturated carbocycles. The van der Waals surface area contributed by atoms with Crippen molar-refractivity contribution in [1.82, 2.24) is 4.90 Å². The van der Waals surface area contributed by atoms with Crippen LogP contribution in [0.2, 0.25) is 0 Å². The fourth-order valence-corrected chi connectivity index (χ4v) is 5.01. The Kier molecular flexibility index (Phi) is 7.94. The van der Waals surface area contributed by atoms with Gasteiger partial charge in [-0.05, 0) is 71.6 Å². The summed E-state index contributed by atoms with van der Waals surface area (Å²) in [5.74, 6) is 0.623. The molecule has 5 rings (SSSR count). The highest BCUT2D eigenvalue weighted by Gasteiger charge is 2.34. The third kappa shape index (κ3) is 6.48. The molecule has 1 fully saturated rings. The first-order valence-corrected chi connectivity index (χ1v) is 13.2. The molecule has 4 aromatic rings. The third-order valence-electron chi connectivity index (χ3n) is 6.05. The molecule has 3 amide bonds. The first-order valence-electron chi connectivity index (χ1n) is 12.4. The molecule has 7 nitrogen and oxygen atoms in total. The van der Waals surface area contributed by atoms with Gasteiger partial charge in [-0.25, -0.2) is 0 Å². The SMILES string of the molecule is Cc1cccc(NC(=O)COc2ccc(/C=C3\SC(=O)N(CCOc4cccc5ccccc45)C3=O)cc2)c1. The Bertz CT molecular complexity index is 1560. The highest BCUT2D eigenvalue weighted by atomic mass is 32.2. The molecule has 0 unspecified atom stereocenters. The van der Waals surface area contributed by atoms with Gasteiger partial charge in [0.05, 0.1) is 11.4 Å². The fraction of sp³-hybridized carbons (Fsp3) is 0.129. The Morgan fingerprint density at radius 3 is 2.51 bits per heavy atom. The molecular weight excluding hydrogens is 512 g/mol. The summed E-state index contributed by atoms with van der Waals surface area (Å²) in [5, 5.41) is 4.51. The minimum absolute atomic E-state index is 0.132. The molecule has 1 heterocycles. The molecule has 0 aromatic heterocycles. The summed E-state index contributed by atoms with van der Waals surface area (Å²) in [6.45, 7) is 2.18. The smallest absolute Gasteiger partial charge is 0.293 e. The molecule has 0 spiro atoms. The van der Waals surface area contributed by atoms with E-state index in [0.717, 1.165) is 33.7 Å². The van der Waals surface area contributed by atoms with Crippen LogP contribution in [0.15, 0.2) is 95.9 Å². The van der Waals surface area contributed by atoms with Crippen molar-refractivity contribution in [3.8, 4) is 11.5 Å². The number of hydrogen-bond donors (Lipinski definition) is 1. The number of carbonyl (C=O) groups is 3. The molecule has 1 aliphatic rings. The standard InChI is InChI=1S/C31H26N2O5S/c1-21-6-4-9-24(18-21)32-29(34)20-38-25-14-12-22(13-15-25)19-28-30(35)33(31(36)39-28)16-17-37-27-11-5-8-23-7-2-3-10-26(23)27/h2-15,18-19H,16-17,20H2,1H3,(H,32,34)/b28-19-. The molecule has 8 heteroatoms. The van der Waals surface area contributed by atoms with Gasteiger partial charge in [-0.15, -0.1) is 0 Å². The maximum absolute atomic E-state index is 12.9. The zero-order valence-corrected chi connectivity index (χ0v) is 22.1. The summed E-state index contributed by atoms with van der Waals surface area (Å²) < 4.78 is 11.5. The van der Waals surface area contributed by atoms with Gasteiger partial charge in [0.15, 0.2) is 6.61 Å². The second-order valence-electron chi connectivity index (χ2n) is 8.93. The third-order valence-corrected chi connectivity index (χ3v) is 6.95. The van der Waals surface area contributed by atoms with Crippen molar-refractivity contribution < 1.29 is 23.9 Å². The molecule has 0 bridgehead atoms. The maximum Gasteiger partial charge on any atom is 0.293 e. The van der Waals surface area contributed by atoms with Gasteiger partial charge in [-0.1, -0.05) is 60.7 Å². The lowest BCUT2D eigenvalue weighted by atomic mass is 10.1. The molecule has 4 aromatic carbocycles. The normalized spacial score (nSPS) is 14.2. The van der Waals surface area contributed by atoms with Crippen molar-refractivity contribution in [2.45, 2.75) is 6.92 Å². The van der Waals surface area contributed by atoms with Crippen molar-refractivity contribution in [2.75, 3.05) is 25.1 Å². The molecule has 0 aliphatic carbocycles. The van der Waals surface area contributed by atoms with Crippen LogP contribution < -0.4 is 14.8 Å². The molecular formula is C31H26N2O5S. The number of amides is 3. The summed E-state index contributed by atoms with van der Waals surface area (Å²) in [7, 11) is 0. The average Bonchev–Trinajstić information content (AvgIpc) is 3.20. The number of thioether (sulfide) groups is 1. The Morgan fingerprint density at radius 1 is 0.923 bits per heavy atom. The molecule has 1 saturated heterocycles. The molecule has 0 atom stereocenters. The van der Waals surface area contributed by atoms with Crippen LogP contribution in [-0.4, -0.2) is 41.7 Å². The number of nitrogens with one attached hydrogen (secondary N) is 1. The summed E-state index contributed by atoms with van der Waals surface area (Å²) in [4.78, 5) is 39.1. The fourth-order valence-electron chi connectivity index (χ4n) is 4.14. The number of benzene rings is 4. The molecule has 39 heavy (non-hydrogen) atoms. The monoisotopic (exact) mass is 538 g/mol. The Labute approximate surface area is 230 Å². The van der Waals surface area contributed by atoms with E-state index in [2.05, 4.69) is 5.32 Å². The number of ether oxygens (including phenoxy) is 2. The van der Waals surface area contributed by atoms with Gasteiger partial charge in [0, 0.05) is 11.1 Å². The topological polar surface area (TPSA) is 84.9 Å². The number of nitrogens with zero attached hydrogens (tertiary/aromatic N) is 1. The maximum atomic E-state index is 12.9. The molecule has 196 valence electrons. The quantitative estimate of drug-likeness (QED) is 0.253. The van der Waals surface area contributed by atoms with Crippen LogP contribution in [0.4, 0.5) is 10.5 Å². The zero-order valence-electron chi connectivity index (χ0n) is 21.3. The Hall–Kier alpha value is -4.56. The number of aryl methyl sites for hydroxylation is 1. The van der Waals surface area contributed by atoms with Gasteiger partial charge in [-0.3, -0.25) is 19.3 Å². The van der Waals surface area contributed by atoms with Gasteiger partial charge >= 0.3 is 0 Å². The number of carbonyl (C=O) groups excluding carboxylic acids is 3. The Morgan fingerprint density at radius 2 is 1.69 bits per heavy atom. The molecule has 1 N–H and O–H groups in total. The van der Waals surface area contributed by atoms with Crippen LogP contribution in [0.25, 0.3) is 16.8 Å². The van der Waals surface area contributed by atoms with E-state index in [0.29, 0.717) is 22.1 Å². The van der Waals surface area contributed by atoms with E-state index in [1.54, 1.807) is 30.3 Å². The summed E-state index contributed by atoms with van der Waals surface area (Å²) in [6, 6.07) is 28.2. The van der Waals surface area contributed by atoms with Gasteiger partial charge in [0.25, 0.3) is 17.1 Å². The number of fused-ring (bicyclic) bond motifs is 1. The van der Waals surface area contributed by atoms with Crippen molar-refractivity contribution in [1.29, 1.82) is 0 Å². The predicted octanol–water partition coefficient (Wildman–Crippen LogP) is 6.28. The van der Waals surface area contributed by atoms with E-state index in [1.165, 1.54) is 4.90 Å². The number of rotatable bonds is 9. The van der Waals surface area contributed by atoms with Crippen LogP contribution in [0.1, 0.15) is 11.1 Å². The minimum Gasteiger partial charge on any atom is -0.491 e.